The summed E-state index contributed by atoms with van der Waals surface area (Å²) in [6, 6.07) is 8.31. The third kappa shape index (κ3) is 2.06. The van der Waals surface area contributed by atoms with Crippen LogP contribution in [0.4, 0.5) is 0 Å². The minimum absolute atomic E-state index is 0.191. The van der Waals surface area contributed by atoms with Gasteiger partial charge in [-0.25, -0.2) is 0 Å². The van der Waals surface area contributed by atoms with Crippen molar-refractivity contribution < 1.29 is 9.90 Å². The van der Waals surface area contributed by atoms with E-state index in [-0.39, 0.29) is 12.0 Å². The average molecular weight is 259 g/mol. The Kier molecular flexibility index (Phi) is 3.09. The summed E-state index contributed by atoms with van der Waals surface area (Å²) in [6.07, 6.45) is 3.42. The molecule has 0 radical (unpaired) electrons. The maximum Gasteiger partial charge on any atom is 0.233 e. The maximum atomic E-state index is 12.8. The minimum Gasteiger partial charge on any atom is -0.391 e. The SMILES string of the molecule is CC1(C(=O)N2CC[C@@H](O)C2)CCCc2ccccc21. The third-order valence-electron chi connectivity index (χ3n) is 4.66. The fourth-order valence-electron chi connectivity index (χ4n) is 3.54. The fraction of sp³-hybridized carbons (Fsp3) is 0.562. The smallest absolute Gasteiger partial charge is 0.233 e. The highest BCUT2D eigenvalue weighted by Gasteiger charge is 2.42. The third-order valence-corrected chi connectivity index (χ3v) is 4.66. The number of benzene rings is 1. The van der Waals surface area contributed by atoms with E-state index < -0.39 is 5.41 Å². The van der Waals surface area contributed by atoms with Gasteiger partial charge in [-0.15, -0.1) is 0 Å². The lowest BCUT2D eigenvalue weighted by Crippen LogP contribution is -2.46. The average Bonchev–Trinajstić information content (AvgIpc) is 2.85. The summed E-state index contributed by atoms with van der Waals surface area (Å²) in [6.45, 7) is 3.26. The predicted molar refractivity (Wildman–Crippen MR) is 73.9 cm³/mol. The van der Waals surface area contributed by atoms with Gasteiger partial charge in [0.25, 0.3) is 0 Å². The minimum atomic E-state index is -0.404. The molecule has 2 atom stereocenters. The first kappa shape index (κ1) is 12.7. The van der Waals surface area contributed by atoms with Crippen LogP contribution in [0.2, 0.25) is 0 Å². The lowest BCUT2D eigenvalue weighted by atomic mass is 9.70. The highest BCUT2D eigenvalue weighted by atomic mass is 16.3. The Balaban J connectivity index is 1.93. The van der Waals surface area contributed by atoms with Crippen LogP contribution in [0.15, 0.2) is 24.3 Å². The van der Waals surface area contributed by atoms with E-state index >= 15 is 0 Å². The summed E-state index contributed by atoms with van der Waals surface area (Å²) >= 11 is 0. The van der Waals surface area contributed by atoms with Crippen molar-refractivity contribution in [2.24, 2.45) is 0 Å². The Morgan fingerprint density at radius 3 is 2.95 bits per heavy atom. The summed E-state index contributed by atoms with van der Waals surface area (Å²) in [4.78, 5) is 14.7. The zero-order valence-corrected chi connectivity index (χ0v) is 11.4. The molecular weight excluding hydrogens is 238 g/mol. The molecule has 3 heteroatoms. The van der Waals surface area contributed by atoms with Gasteiger partial charge < -0.3 is 10.0 Å². The molecule has 1 aromatic rings. The molecule has 1 fully saturated rings. The second-order valence-electron chi connectivity index (χ2n) is 6.04. The number of likely N-dealkylation sites (tertiary alicyclic amines) is 1. The Hall–Kier alpha value is -1.35. The molecule has 0 saturated carbocycles. The second kappa shape index (κ2) is 4.64. The highest BCUT2D eigenvalue weighted by molar-refractivity contribution is 5.88. The number of rotatable bonds is 1. The number of hydrogen-bond donors (Lipinski definition) is 1. The van der Waals surface area contributed by atoms with Crippen molar-refractivity contribution in [2.45, 2.75) is 44.1 Å². The van der Waals surface area contributed by atoms with Crippen molar-refractivity contribution in [3.05, 3.63) is 35.4 Å². The van der Waals surface area contributed by atoms with Gasteiger partial charge >= 0.3 is 0 Å². The molecule has 2 aliphatic rings. The molecule has 1 heterocycles. The molecule has 0 aromatic heterocycles. The molecule has 3 nitrogen and oxygen atoms in total. The van der Waals surface area contributed by atoms with Gasteiger partial charge in [0.2, 0.25) is 5.91 Å². The van der Waals surface area contributed by atoms with E-state index in [9.17, 15) is 9.90 Å². The van der Waals surface area contributed by atoms with E-state index in [1.54, 1.807) is 0 Å². The number of hydrogen-bond acceptors (Lipinski definition) is 2. The Morgan fingerprint density at radius 1 is 1.42 bits per heavy atom. The van der Waals surface area contributed by atoms with Crippen LogP contribution in [0.25, 0.3) is 0 Å². The van der Waals surface area contributed by atoms with Crippen molar-refractivity contribution in [3.63, 3.8) is 0 Å². The molecule has 102 valence electrons. The summed E-state index contributed by atoms with van der Waals surface area (Å²) in [7, 11) is 0. The molecule has 1 amide bonds. The molecule has 19 heavy (non-hydrogen) atoms. The number of β-amino-alcohol motifs (C(OH)–C–C–N with tert-alkyl or cyclic N) is 1. The number of aliphatic hydroxyl groups excluding tert-OH is 1. The summed E-state index contributed by atoms with van der Waals surface area (Å²) in [5.41, 5.74) is 2.09. The van der Waals surface area contributed by atoms with Crippen LogP contribution in [-0.2, 0) is 16.6 Å². The highest BCUT2D eigenvalue weighted by Crippen LogP contribution is 2.39. The van der Waals surface area contributed by atoms with Gasteiger partial charge in [0, 0.05) is 13.1 Å². The summed E-state index contributed by atoms with van der Waals surface area (Å²) in [5, 5.41) is 9.63. The van der Waals surface area contributed by atoms with Gasteiger partial charge in [-0.3, -0.25) is 4.79 Å². The Morgan fingerprint density at radius 2 is 2.21 bits per heavy atom. The standard InChI is InChI=1S/C16H21NO2/c1-16(15(19)17-10-8-13(18)11-17)9-4-6-12-5-2-3-7-14(12)16/h2-3,5,7,13,18H,4,6,8-11H2,1H3/t13-,16?/m1/s1. The molecule has 1 saturated heterocycles. The van der Waals surface area contributed by atoms with Crippen molar-refractivity contribution in [3.8, 4) is 0 Å². The molecule has 1 aliphatic heterocycles. The van der Waals surface area contributed by atoms with E-state index in [4.69, 9.17) is 0 Å². The van der Waals surface area contributed by atoms with Gasteiger partial charge in [-0.1, -0.05) is 24.3 Å². The molecule has 1 N–H and O–H groups in total. The zero-order valence-electron chi connectivity index (χ0n) is 11.4. The predicted octanol–water partition coefficient (Wildman–Crippen LogP) is 1.87. The number of carbonyl (C=O) groups excluding carboxylic acids is 1. The van der Waals surface area contributed by atoms with Crippen LogP contribution < -0.4 is 0 Å². The first-order valence-electron chi connectivity index (χ1n) is 7.17. The van der Waals surface area contributed by atoms with Gasteiger partial charge in [-0.05, 0) is 43.7 Å². The number of carbonyl (C=O) groups is 1. The Labute approximate surface area is 114 Å². The van der Waals surface area contributed by atoms with Crippen LogP contribution in [0, 0.1) is 0 Å². The molecular formula is C16H21NO2. The molecule has 0 bridgehead atoms. The van der Waals surface area contributed by atoms with Crippen LogP contribution >= 0.6 is 0 Å². The van der Waals surface area contributed by atoms with Crippen LogP contribution in [0.3, 0.4) is 0 Å². The van der Waals surface area contributed by atoms with Gasteiger partial charge in [0.15, 0.2) is 0 Å². The molecule has 1 unspecified atom stereocenters. The lowest BCUT2D eigenvalue weighted by molar-refractivity contribution is -0.136. The first-order valence-corrected chi connectivity index (χ1v) is 7.17. The van der Waals surface area contributed by atoms with E-state index in [1.807, 2.05) is 11.0 Å². The van der Waals surface area contributed by atoms with Gasteiger partial charge in [-0.2, -0.15) is 0 Å². The molecule has 1 aliphatic carbocycles. The van der Waals surface area contributed by atoms with Gasteiger partial charge in [0.1, 0.15) is 0 Å². The van der Waals surface area contributed by atoms with Crippen molar-refractivity contribution in [2.75, 3.05) is 13.1 Å². The normalized spacial score (nSPS) is 30.2. The van der Waals surface area contributed by atoms with Crippen molar-refractivity contribution in [1.29, 1.82) is 0 Å². The summed E-state index contributed by atoms with van der Waals surface area (Å²) < 4.78 is 0. The molecule has 0 spiro atoms. The number of amides is 1. The fourth-order valence-corrected chi connectivity index (χ4v) is 3.54. The van der Waals surface area contributed by atoms with E-state index in [0.29, 0.717) is 19.5 Å². The van der Waals surface area contributed by atoms with Crippen molar-refractivity contribution in [1.82, 2.24) is 4.90 Å². The first-order chi connectivity index (χ1) is 9.11. The van der Waals surface area contributed by atoms with Crippen LogP contribution in [0.1, 0.15) is 37.3 Å². The van der Waals surface area contributed by atoms with Gasteiger partial charge in [0.05, 0.1) is 11.5 Å². The zero-order chi connectivity index (χ0) is 13.5. The van der Waals surface area contributed by atoms with E-state index in [0.717, 1.165) is 19.3 Å². The molecule has 1 aromatic carbocycles. The second-order valence-corrected chi connectivity index (χ2v) is 6.04. The number of fused-ring (bicyclic) bond motifs is 1. The topological polar surface area (TPSA) is 40.5 Å². The quantitative estimate of drug-likeness (QED) is 0.836. The lowest BCUT2D eigenvalue weighted by Gasteiger charge is -2.37. The number of aryl methyl sites for hydroxylation is 1. The van der Waals surface area contributed by atoms with Crippen LogP contribution in [0.5, 0.6) is 0 Å². The number of aliphatic hydroxyl groups is 1. The Bertz CT molecular complexity index is 499. The summed E-state index contributed by atoms with van der Waals surface area (Å²) in [5.74, 6) is 0.191. The number of nitrogens with zero attached hydrogens (tertiary/aromatic N) is 1. The molecule has 3 rings (SSSR count). The van der Waals surface area contributed by atoms with E-state index in [2.05, 4.69) is 25.1 Å². The largest absolute Gasteiger partial charge is 0.391 e. The van der Waals surface area contributed by atoms with E-state index in [1.165, 1.54) is 11.1 Å². The van der Waals surface area contributed by atoms with Crippen molar-refractivity contribution >= 4 is 5.91 Å². The maximum absolute atomic E-state index is 12.8. The van der Waals surface area contributed by atoms with Crippen LogP contribution in [-0.4, -0.2) is 35.1 Å². The monoisotopic (exact) mass is 259 g/mol.